The van der Waals surface area contributed by atoms with Gasteiger partial charge >= 0.3 is 0 Å². The minimum absolute atomic E-state index is 0.0915. The van der Waals surface area contributed by atoms with E-state index >= 15 is 0 Å². The summed E-state index contributed by atoms with van der Waals surface area (Å²) >= 11 is 6.08. The van der Waals surface area contributed by atoms with Crippen molar-refractivity contribution in [1.29, 1.82) is 0 Å². The summed E-state index contributed by atoms with van der Waals surface area (Å²) < 4.78 is 5.51. The summed E-state index contributed by atoms with van der Waals surface area (Å²) in [6, 6.07) is 8.29. The molecule has 0 aliphatic heterocycles. The van der Waals surface area contributed by atoms with Gasteiger partial charge in [-0.1, -0.05) is 26.0 Å². The maximum absolute atomic E-state index is 6.08. The van der Waals surface area contributed by atoms with E-state index in [-0.39, 0.29) is 10.8 Å². The van der Waals surface area contributed by atoms with Crippen LogP contribution in [0.3, 0.4) is 0 Å². The van der Waals surface area contributed by atoms with Gasteiger partial charge in [0.15, 0.2) is 0 Å². The van der Waals surface area contributed by atoms with E-state index in [1.54, 1.807) is 0 Å². The van der Waals surface area contributed by atoms with Gasteiger partial charge in [0.2, 0.25) is 0 Å². The Kier molecular flexibility index (Phi) is 4.67. The lowest BCUT2D eigenvalue weighted by molar-refractivity contribution is 0.338. The number of rotatable bonds is 5. The third kappa shape index (κ3) is 3.71. The van der Waals surface area contributed by atoms with Crippen molar-refractivity contribution in [2.75, 3.05) is 6.61 Å². The minimum atomic E-state index is 0.0915. The molecule has 90 valence electrons. The smallest absolute Gasteiger partial charge is 0.119 e. The minimum Gasteiger partial charge on any atom is -0.494 e. The van der Waals surface area contributed by atoms with Crippen LogP contribution >= 0.6 is 11.6 Å². The van der Waals surface area contributed by atoms with E-state index in [0.29, 0.717) is 6.61 Å². The van der Waals surface area contributed by atoms with E-state index in [1.807, 2.05) is 26.0 Å². The third-order valence-electron chi connectivity index (χ3n) is 2.72. The van der Waals surface area contributed by atoms with Gasteiger partial charge in [0.1, 0.15) is 5.75 Å². The van der Waals surface area contributed by atoms with E-state index in [0.717, 1.165) is 12.2 Å². The van der Waals surface area contributed by atoms with Crippen LogP contribution < -0.4 is 4.74 Å². The Morgan fingerprint density at radius 1 is 1.38 bits per heavy atom. The van der Waals surface area contributed by atoms with E-state index in [1.165, 1.54) is 5.56 Å². The van der Waals surface area contributed by atoms with Crippen molar-refractivity contribution in [2.45, 2.75) is 44.9 Å². The van der Waals surface area contributed by atoms with Crippen LogP contribution in [0.1, 0.15) is 39.7 Å². The Morgan fingerprint density at radius 2 is 2.06 bits per heavy atom. The molecule has 0 spiro atoms. The predicted octanol–water partition coefficient (Wildman–Crippen LogP) is 4.38. The highest BCUT2D eigenvalue weighted by molar-refractivity contribution is 6.20. The molecular formula is C14H21ClO. The Bertz CT molecular complexity index is 331. The van der Waals surface area contributed by atoms with Crippen molar-refractivity contribution in [3.05, 3.63) is 29.8 Å². The first-order valence-electron chi connectivity index (χ1n) is 5.83. The zero-order chi connectivity index (χ0) is 12.2. The molecule has 1 nitrogen and oxygen atoms in total. The zero-order valence-corrected chi connectivity index (χ0v) is 11.3. The van der Waals surface area contributed by atoms with E-state index in [4.69, 9.17) is 16.3 Å². The van der Waals surface area contributed by atoms with Crippen LogP contribution in [0.5, 0.6) is 5.75 Å². The van der Waals surface area contributed by atoms with Crippen molar-refractivity contribution in [3.8, 4) is 5.75 Å². The van der Waals surface area contributed by atoms with Crippen LogP contribution in [0.25, 0.3) is 0 Å². The Balaban J connectivity index is 2.89. The van der Waals surface area contributed by atoms with E-state index < -0.39 is 0 Å². The highest BCUT2D eigenvalue weighted by atomic mass is 35.5. The van der Waals surface area contributed by atoms with Gasteiger partial charge in [-0.15, -0.1) is 11.6 Å². The molecule has 0 amide bonds. The molecule has 0 saturated carbocycles. The van der Waals surface area contributed by atoms with Crippen molar-refractivity contribution >= 4 is 11.6 Å². The van der Waals surface area contributed by atoms with Crippen LogP contribution in [0.15, 0.2) is 24.3 Å². The summed E-state index contributed by atoms with van der Waals surface area (Å²) in [5.41, 5.74) is 1.37. The first kappa shape index (κ1) is 13.4. The molecule has 0 bridgehead atoms. The standard InChI is InChI=1S/C14H21ClO/c1-5-16-13-8-6-7-12(9-13)14(3,4)10-11(2)15/h6-9,11H,5,10H2,1-4H3. The largest absolute Gasteiger partial charge is 0.494 e. The molecule has 1 aromatic rings. The zero-order valence-electron chi connectivity index (χ0n) is 10.6. The quantitative estimate of drug-likeness (QED) is 0.694. The Morgan fingerprint density at radius 3 is 2.62 bits per heavy atom. The first-order valence-corrected chi connectivity index (χ1v) is 6.27. The molecule has 0 aliphatic rings. The fraction of sp³-hybridized carbons (Fsp3) is 0.571. The summed E-state index contributed by atoms with van der Waals surface area (Å²) in [7, 11) is 0. The second-order valence-electron chi connectivity index (χ2n) is 4.83. The molecule has 16 heavy (non-hydrogen) atoms. The average Bonchev–Trinajstić information content (AvgIpc) is 2.16. The molecule has 1 rings (SSSR count). The van der Waals surface area contributed by atoms with Crippen LogP contribution in [0.2, 0.25) is 0 Å². The lowest BCUT2D eigenvalue weighted by Gasteiger charge is -2.27. The summed E-state index contributed by atoms with van der Waals surface area (Å²) in [5, 5.41) is 0.186. The van der Waals surface area contributed by atoms with Crippen molar-refractivity contribution in [1.82, 2.24) is 0 Å². The molecule has 0 N–H and O–H groups in total. The van der Waals surface area contributed by atoms with Crippen LogP contribution in [-0.4, -0.2) is 12.0 Å². The van der Waals surface area contributed by atoms with Gasteiger partial charge in [-0.05, 0) is 43.4 Å². The summed E-state index contributed by atoms with van der Waals surface area (Å²) in [6.45, 7) is 9.18. The fourth-order valence-electron chi connectivity index (χ4n) is 1.99. The van der Waals surface area contributed by atoms with Crippen molar-refractivity contribution < 1.29 is 4.74 Å². The summed E-state index contributed by atoms with van der Waals surface area (Å²) in [5.74, 6) is 0.940. The number of hydrogen-bond donors (Lipinski definition) is 0. The number of ether oxygens (including phenoxy) is 1. The Hall–Kier alpha value is -0.690. The molecule has 1 aromatic carbocycles. The summed E-state index contributed by atoms with van der Waals surface area (Å²) in [4.78, 5) is 0. The number of hydrogen-bond acceptors (Lipinski definition) is 1. The first-order chi connectivity index (χ1) is 7.45. The lowest BCUT2D eigenvalue weighted by Crippen LogP contribution is -2.20. The molecule has 2 heteroatoms. The van der Waals surface area contributed by atoms with Gasteiger partial charge in [0.05, 0.1) is 6.61 Å². The molecule has 0 radical (unpaired) electrons. The molecule has 1 atom stereocenters. The highest BCUT2D eigenvalue weighted by Crippen LogP contribution is 2.31. The fourth-order valence-corrected chi connectivity index (χ4v) is 2.38. The van der Waals surface area contributed by atoms with Gasteiger partial charge in [0, 0.05) is 5.38 Å². The molecule has 0 aromatic heterocycles. The number of halogens is 1. The Labute approximate surface area is 104 Å². The molecule has 0 aliphatic carbocycles. The van der Waals surface area contributed by atoms with Crippen LogP contribution in [0.4, 0.5) is 0 Å². The SMILES string of the molecule is CCOc1cccc(C(C)(C)CC(C)Cl)c1. The third-order valence-corrected chi connectivity index (χ3v) is 2.87. The second-order valence-corrected chi connectivity index (χ2v) is 5.57. The van der Waals surface area contributed by atoms with Crippen LogP contribution in [0, 0.1) is 0 Å². The van der Waals surface area contributed by atoms with Gasteiger partial charge < -0.3 is 4.74 Å². The van der Waals surface area contributed by atoms with Crippen molar-refractivity contribution in [2.24, 2.45) is 0 Å². The summed E-state index contributed by atoms with van der Waals surface area (Å²) in [6.07, 6.45) is 0.962. The van der Waals surface area contributed by atoms with Gasteiger partial charge in [-0.2, -0.15) is 0 Å². The topological polar surface area (TPSA) is 9.23 Å². The molecular weight excluding hydrogens is 220 g/mol. The maximum atomic E-state index is 6.08. The van der Waals surface area contributed by atoms with Gasteiger partial charge in [-0.25, -0.2) is 0 Å². The van der Waals surface area contributed by atoms with Gasteiger partial charge in [0.25, 0.3) is 0 Å². The normalized spacial score (nSPS) is 13.6. The number of alkyl halides is 1. The maximum Gasteiger partial charge on any atom is 0.119 e. The highest BCUT2D eigenvalue weighted by Gasteiger charge is 2.22. The average molecular weight is 241 g/mol. The molecule has 0 heterocycles. The van der Waals surface area contributed by atoms with Gasteiger partial charge in [-0.3, -0.25) is 0 Å². The molecule has 1 unspecified atom stereocenters. The van der Waals surface area contributed by atoms with Crippen molar-refractivity contribution in [3.63, 3.8) is 0 Å². The molecule has 0 fully saturated rings. The lowest BCUT2D eigenvalue weighted by atomic mass is 9.80. The monoisotopic (exact) mass is 240 g/mol. The second kappa shape index (κ2) is 5.58. The van der Waals surface area contributed by atoms with E-state index in [2.05, 4.69) is 26.0 Å². The van der Waals surface area contributed by atoms with Crippen LogP contribution in [-0.2, 0) is 5.41 Å². The van der Waals surface area contributed by atoms with E-state index in [9.17, 15) is 0 Å². The molecule has 0 saturated heterocycles. The number of benzene rings is 1. The predicted molar refractivity (Wildman–Crippen MR) is 70.6 cm³/mol.